The zero-order chi connectivity index (χ0) is 96.3. The smallest absolute Gasteiger partial charge is 0.0622 e. The Labute approximate surface area is 752 Å². The molecule has 0 unspecified atom stereocenters. The summed E-state index contributed by atoms with van der Waals surface area (Å²) in [6.07, 6.45) is 0. The summed E-state index contributed by atoms with van der Waals surface area (Å²) in [5.41, 5.74) is 33.0. The average Bonchev–Trinajstić information content (AvgIpc) is 0.749. The summed E-state index contributed by atoms with van der Waals surface area (Å²) < 4.78 is 33.0. The maximum Gasteiger partial charge on any atom is 0.0632 e. The number of rotatable bonds is 4. The molecule has 10 aromatic carbocycles. The van der Waals surface area contributed by atoms with Crippen molar-refractivity contribution in [3.63, 3.8) is 0 Å². The van der Waals surface area contributed by atoms with Gasteiger partial charge in [0, 0.05) is 0 Å². The third-order valence-corrected chi connectivity index (χ3v) is 22.7. The maximum atomic E-state index is 8.52. The second-order valence-corrected chi connectivity index (χ2v) is 50.1. The van der Waals surface area contributed by atoms with Crippen LogP contribution in [0.5, 0.6) is 0 Å². The molecule has 0 spiro atoms. The molecular weight excluding hydrogens is 1450 g/mol. The van der Waals surface area contributed by atoms with Crippen molar-refractivity contribution < 1.29 is 5.48 Å². The molecule has 0 heterocycles. The van der Waals surface area contributed by atoms with E-state index in [1.54, 1.807) is 12.5 Å². The fraction of sp³-hybridized carbons (Fsp3) is 0.504. The van der Waals surface area contributed by atoms with E-state index in [4.69, 9.17) is 5.48 Å². The van der Waals surface area contributed by atoms with Crippen molar-refractivity contribution in [3.8, 4) is 44.5 Å². The van der Waals surface area contributed by atoms with Crippen LogP contribution in [0.25, 0.3) is 44.5 Å². The van der Waals surface area contributed by atoms with Crippen LogP contribution < -0.4 is 0 Å². The first-order valence-electron chi connectivity index (χ1n) is 47.3. The summed E-state index contributed by atoms with van der Waals surface area (Å²) in [7, 11) is 0. The van der Waals surface area contributed by atoms with Crippen LogP contribution in [-0.2, 0) is 81.2 Å². The topological polar surface area (TPSA) is 0 Å². The van der Waals surface area contributed by atoms with Gasteiger partial charge in [-0.25, -0.2) is 0 Å². The fourth-order valence-corrected chi connectivity index (χ4v) is 15.9. The van der Waals surface area contributed by atoms with Gasteiger partial charge < -0.3 is 0 Å². The monoisotopic (exact) mass is 1630 g/mol. The summed E-state index contributed by atoms with van der Waals surface area (Å²) >= 11 is 0. The zero-order valence-electron chi connectivity index (χ0n) is 90.0. The fourth-order valence-electron chi connectivity index (χ4n) is 15.9. The van der Waals surface area contributed by atoms with Gasteiger partial charge >= 0.3 is 0 Å². The lowest BCUT2D eigenvalue weighted by molar-refractivity contribution is 0.490. The van der Waals surface area contributed by atoms with Crippen molar-refractivity contribution in [3.05, 3.63) is 307 Å². The summed E-state index contributed by atoms with van der Waals surface area (Å²) in [4.78, 5) is 0. The second kappa shape index (κ2) is 38.4. The van der Waals surface area contributed by atoms with E-state index in [1.807, 2.05) is 12.1 Å². The van der Waals surface area contributed by atoms with E-state index in [2.05, 4.69) is 494 Å². The lowest BCUT2D eigenvalue weighted by Gasteiger charge is -2.38. The molecule has 0 aromatic heterocycles. The van der Waals surface area contributed by atoms with Crippen molar-refractivity contribution in [2.45, 2.75) is 400 Å². The van der Waals surface area contributed by atoms with Crippen LogP contribution in [0.1, 0.15) is 406 Å². The molecule has 10 rings (SSSR count). The number of benzene rings is 10. The van der Waals surface area contributed by atoms with Gasteiger partial charge in [-0.3, -0.25) is 0 Å². The lowest BCUT2D eigenvalue weighted by atomic mass is 9.66. The molecule has 0 heteroatoms. The number of hydrogen-bond acceptors (Lipinski definition) is 0. The molecule has 10 aromatic rings. The first-order valence-corrected chi connectivity index (χ1v) is 45.3. The van der Waals surface area contributed by atoms with Gasteiger partial charge in [-0.2, -0.15) is 0 Å². The van der Waals surface area contributed by atoms with Crippen LogP contribution in [0, 0.1) is 6.92 Å². The molecule has 0 radical (unpaired) electrons. The highest BCUT2D eigenvalue weighted by atomic mass is 14.4. The van der Waals surface area contributed by atoms with Crippen LogP contribution >= 0.6 is 0 Å². The van der Waals surface area contributed by atoms with Gasteiger partial charge in [0.05, 0.1) is 5.48 Å². The maximum absolute atomic E-state index is 8.52. The van der Waals surface area contributed by atoms with E-state index >= 15 is 0 Å². The summed E-state index contributed by atoms with van der Waals surface area (Å²) in [6, 6.07) is 70.7. The molecule has 121 heavy (non-hydrogen) atoms. The Morgan fingerprint density at radius 1 is 0.174 bits per heavy atom. The highest BCUT2D eigenvalue weighted by Gasteiger charge is 2.36. The molecule has 0 nitrogen and oxygen atoms in total. The van der Waals surface area contributed by atoms with Gasteiger partial charge in [-0.05, 0) is 222 Å². The Kier molecular flexibility index (Phi) is 30.7. The SMILES string of the molecule is CC(C)(C)c1cc(-c2ccccc2)cc(-c2ccccc2)c1.CC(C)(C)c1cc(C(C)(C)C)c(C(C)(C)C)c(C(C)(C)C)c1.CC(C)(C)c1ccc(C(C)(C)C)c(C(C)(C)C)c1.CC(C)(C)c1ccc(C(C)(C)C)c(C(C)(C)C)c1.CC(C)(C)c1cccc(-c2ccccc2)c1C(C)(C)C.[2H]c1c([2H])c(C)c([2H])c(-c2cccc(C(C)(C)C)c2C(C)(C)C)c1[2H]. The molecule has 0 fully saturated rings. The Morgan fingerprint density at radius 3 is 0.711 bits per heavy atom. The van der Waals surface area contributed by atoms with Gasteiger partial charge in [0.15, 0.2) is 0 Å². The molecule has 0 N–H and O–H groups in total. The van der Waals surface area contributed by atoms with Crippen LogP contribution in [0.2, 0.25) is 0 Å². The van der Waals surface area contributed by atoms with Crippen molar-refractivity contribution >= 4 is 0 Å². The first kappa shape index (κ1) is 97.0. The van der Waals surface area contributed by atoms with E-state index < -0.39 is 0 Å². The molecule has 0 aliphatic heterocycles. The third-order valence-electron chi connectivity index (χ3n) is 22.7. The third kappa shape index (κ3) is 29.7. The zero-order valence-corrected chi connectivity index (χ0v) is 86.0. The number of hydrogen-bond donors (Lipinski definition) is 0. The first-order chi connectivity index (χ1) is 56.1. The minimum atomic E-state index is -0.173. The minimum Gasteiger partial charge on any atom is -0.0622 e. The molecule has 0 saturated carbocycles. The Hall–Kier alpha value is -7.80. The van der Waals surface area contributed by atoms with Crippen LogP contribution in [0.4, 0.5) is 0 Å². The van der Waals surface area contributed by atoms with E-state index in [9.17, 15) is 0 Å². The Bertz CT molecular complexity index is 5010. The van der Waals surface area contributed by atoms with Crippen LogP contribution in [0.3, 0.4) is 0 Å². The molecule has 0 atom stereocenters. The van der Waals surface area contributed by atoms with Crippen LogP contribution in [-0.4, -0.2) is 0 Å². The van der Waals surface area contributed by atoms with E-state index in [1.165, 1.54) is 106 Å². The summed E-state index contributed by atoms with van der Waals surface area (Å²) in [6.45, 7) is 105. The molecule has 0 aliphatic carbocycles. The molecule has 658 valence electrons. The van der Waals surface area contributed by atoms with Crippen molar-refractivity contribution in [2.75, 3.05) is 0 Å². The molecular formula is C121H174. The van der Waals surface area contributed by atoms with Gasteiger partial charge in [0.25, 0.3) is 0 Å². The van der Waals surface area contributed by atoms with E-state index in [0.29, 0.717) is 11.1 Å². The molecule has 0 bridgehead atoms. The largest absolute Gasteiger partial charge is 0.0632 e. The summed E-state index contributed by atoms with van der Waals surface area (Å²) in [5, 5.41) is 0. The van der Waals surface area contributed by atoms with E-state index in [0.717, 1.165) is 11.1 Å². The minimum absolute atomic E-state index is 0.0250. The molecule has 0 aliphatic rings. The van der Waals surface area contributed by atoms with Crippen molar-refractivity contribution in [2.24, 2.45) is 0 Å². The predicted molar refractivity (Wildman–Crippen MR) is 546 cm³/mol. The van der Waals surface area contributed by atoms with E-state index in [-0.39, 0.29) is 105 Å². The van der Waals surface area contributed by atoms with Gasteiger partial charge in [-0.1, -0.05) is 529 Å². The normalized spacial score (nSPS) is 13.5. The second-order valence-electron chi connectivity index (χ2n) is 50.1. The molecule has 0 saturated heterocycles. The Morgan fingerprint density at radius 2 is 0.438 bits per heavy atom. The van der Waals surface area contributed by atoms with Gasteiger partial charge in [0.2, 0.25) is 0 Å². The van der Waals surface area contributed by atoms with Crippen LogP contribution in [0.15, 0.2) is 218 Å². The van der Waals surface area contributed by atoms with Gasteiger partial charge in [-0.15, -0.1) is 0 Å². The predicted octanol–water partition coefficient (Wildman–Crippen LogP) is 36.6. The van der Waals surface area contributed by atoms with Gasteiger partial charge in [0.1, 0.15) is 0 Å². The van der Waals surface area contributed by atoms with Crippen molar-refractivity contribution in [1.82, 2.24) is 0 Å². The highest BCUT2D eigenvalue weighted by molar-refractivity contribution is 5.76. The quantitative estimate of drug-likeness (QED) is 0.165. The van der Waals surface area contributed by atoms with Crippen molar-refractivity contribution in [1.29, 1.82) is 0 Å². The lowest BCUT2D eigenvalue weighted by Crippen LogP contribution is -2.29. The average molecular weight is 1630 g/mol. The summed E-state index contributed by atoms with van der Waals surface area (Å²) in [5.74, 6) is 0. The Balaban J connectivity index is 0.000000267. The standard InChI is InChI=1S/C22H22.C22H38.C21H28.C20H26.2C18H30/c1-22(2,3)21-15-19(17-10-6-4-7-11-17)14-20(16-21)18-12-8-5-9-13-18;1-19(2,3)15-13-16(20(4,5)6)18(22(10,11)12)17(14-15)21(7,8)9;1-15-10-8-11-16(14-15)17-12-9-13-18(20(2,3)4)19(17)21(5,6)7;1-19(2,3)17-14-10-13-16(18(17)20(4,5)6)15-11-8-7-9-12-15;2*1-16(2,3)13-10-11-14(17(4,5)6)15(12-13)18(7,8)9/h4-16H,1-3H3;13-14H,1-12H3;8-14H,1-7H3;7-14H,1-6H3;2*10-12H,1-9H3/i;;8D,10D,11D,14D;;;. The highest BCUT2D eigenvalue weighted by Crippen LogP contribution is 2.47. The molecule has 0 amide bonds.